The Bertz CT molecular complexity index is 1180. The molecule has 2 aromatic heterocycles. The minimum absolute atomic E-state index is 0.00250. The maximum atomic E-state index is 12.9. The Morgan fingerprint density at radius 2 is 1.84 bits per heavy atom. The molecule has 2 saturated heterocycles. The zero-order valence-electron chi connectivity index (χ0n) is 18.3. The number of H-pyrrole nitrogens is 1. The van der Waals surface area contributed by atoms with E-state index in [2.05, 4.69) is 21.8 Å². The molecule has 4 heterocycles. The fraction of sp³-hybridized carbons (Fsp3) is 0.435. The molecule has 0 bridgehead atoms. The molecule has 32 heavy (non-hydrogen) atoms. The fourth-order valence-corrected chi connectivity index (χ4v) is 4.51. The van der Waals surface area contributed by atoms with Gasteiger partial charge in [0.05, 0.1) is 30.7 Å². The third-order valence-corrected chi connectivity index (χ3v) is 6.36. The lowest BCUT2D eigenvalue weighted by molar-refractivity contribution is -0.117. The van der Waals surface area contributed by atoms with E-state index in [4.69, 9.17) is 15.5 Å². The van der Waals surface area contributed by atoms with Crippen LogP contribution in [0.15, 0.2) is 24.3 Å². The number of ether oxygens (including phenoxy) is 1. The van der Waals surface area contributed by atoms with Crippen molar-refractivity contribution in [2.75, 3.05) is 64.4 Å². The number of carbonyl (C=O) groups is 2. The molecule has 0 radical (unpaired) electrons. The monoisotopic (exact) mass is 436 g/mol. The number of rotatable bonds is 4. The van der Waals surface area contributed by atoms with Crippen molar-refractivity contribution in [3.05, 3.63) is 35.4 Å². The summed E-state index contributed by atoms with van der Waals surface area (Å²) in [5.74, 6) is 0.470. The molecule has 0 aliphatic carbocycles. The van der Waals surface area contributed by atoms with Gasteiger partial charge in [-0.05, 0) is 36.9 Å². The van der Waals surface area contributed by atoms with Crippen molar-refractivity contribution < 1.29 is 14.3 Å². The Labute approximate surface area is 186 Å². The smallest absolute Gasteiger partial charge is 0.254 e. The number of nitrogens with zero attached hydrogens (tertiary/aromatic N) is 4. The number of likely N-dealkylation sites (N-methyl/N-ethyl adjacent to an activating group) is 1. The number of morpholine rings is 1. The van der Waals surface area contributed by atoms with Gasteiger partial charge < -0.3 is 30.2 Å². The molecule has 2 aliphatic heterocycles. The van der Waals surface area contributed by atoms with Gasteiger partial charge in [-0.25, -0.2) is 4.98 Å². The summed E-state index contributed by atoms with van der Waals surface area (Å²) >= 11 is 0. The Morgan fingerprint density at radius 1 is 1.09 bits per heavy atom. The summed E-state index contributed by atoms with van der Waals surface area (Å²) in [6, 6.07) is 7.63. The first-order chi connectivity index (χ1) is 15.5. The maximum Gasteiger partial charge on any atom is 0.254 e. The number of hydrogen-bond donors (Lipinski definition) is 2. The first kappa shape index (κ1) is 20.7. The number of hydrogen-bond acceptors (Lipinski definition) is 6. The minimum atomic E-state index is -0.385. The number of carbonyl (C=O) groups excluding carboxylic acids is 2. The number of aromatic nitrogens is 2. The van der Waals surface area contributed by atoms with Gasteiger partial charge >= 0.3 is 0 Å². The van der Waals surface area contributed by atoms with E-state index in [9.17, 15) is 9.59 Å². The molecule has 9 heteroatoms. The average Bonchev–Trinajstić information content (AvgIpc) is 3.17. The van der Waals surface area contributed by atoms with Crippen molar-refractivity contribution in [3.63, 3.8) is 0 Å². The van der Waals surface area contributed by atoms with Gasteiger partial charge in [0.15, 0.2) is 0 Å². The molecule has 2 fully saturated rings. The van der Waals surface area contributed by atoms with Crippen molar-refractivity contribution in [1.29, 1.82) is 0 Å². The van der Waals surface area contributed by atoms with Crippen LogP contribution in [0.1, 0.15) is 15.9 Å². The molecule has 9 nitrogen and oxygen atoms in total. The lowest BCUT2D eigenvalue weighted by Crippen LogP contribution is -2.44. The van der Waals surface area contributed by atoms with Crippen molar-refractivity contribution in [1.82, 2.24) is 19.8 Å². The second-order valence-corrected chi connectivity index (χ2v) is 8.59. The van der Waals surface area contributed by atoms with Crippen LogP contribution in [-0.2, 0) is 16.0 Å². The SMILES string of the molecule is CN1CCN(c2cc(CC(N)=O)c3[nH]c4cc(C(=O)N5CCOCC5)ccc4c3n2)CC1. The van der Waals surface area contributed by atoms with Gasteiger partial charge in [0.1, 0.15) is 5.82 Å². The lowest BCUT2D eigenvalue weighted by Gasteiger charge is -2.33. The Morgan fingerprint density at radius 3 is 2.56 bits per heavy atom. The molecule has 0 unspecified atom stereocenters. The quantitative estimate of drug-likeness (QED) is 0.631. The normalized spacial score (nSPS) is 17.9. The standard InChI is InChI=1S/C23H28N6O3/c1-27-4-6-28(7-5-27)20-14-16(13-19(24)30)21-22(26-20)17-3-2-15(12-18(17)25-21)23(31)29-8-10-32-11-9-29/h2-3,12,14,25H,4-11,13H2,1H3,(H2,24,30). The van der Waals surface area contributed by atoms with Gasteiger partial charge in [0.25, 0.3) is 5.91 Å². The van der Waals surface area contributed by atoms with E-state index in [1.54, 1.807) is 0 Å². The van der Waals surface area contributed by atoms with Crippen LogP contribution in [0.4, 0.5) is 5.82 Å². The molecule has 2 amide bonds. The van der Waals surface area contributed by atoms with Crippen LogP contribution in [-0.4, -0.2) is 91.1 Å². The number of nitrogens with one attached hydrogen (secondary N) is 1. The Balaban J connectivity index is 1.57. The highest BCUT2D eigenvalue weighted by molar-refractivity contribution is 6.09. The van der Waals surface area contributed by atoms with E-state index < -0.39 is 0 Å². The van der Waals surface area contributed by atoms with Crippen molar-refractivity contribution >= 4 is 39.6 Å². The predicted molar refractivity (Wildman–Crippen MR) is 123 cm³/mol. The predicted octanol–water partition coefficient (Wildman–Crippen LogP) is 0.968. The number of fused-ring (bicyclic) bond motifs is 3. The summed E-state index contributed by atoms with van der Waals surface area (Å²) in [5.41, 5.74) is 9.43. The fourth-order valence-electron chi connectivity index (χ4n) is 4.51. The second-order valence-electron chi connectivity index (χ2n) is 8.59. The van der Waals surface area contributed by atoms with E-state index in [1.165, 1.54) is 0 Å². The topological polar surface area (TPSA) is 108 Å². The highest BCUT2D eigenvalue weighted by Crippen LogP contribution is 2.31. The van der Waals surface area contributed by atoms with E-state index in [0.29, 0.717) is 31.9 Å². The van der Waals surface area contributed by atoms with Crippen LogP contribution in [0.25, 0.3) is 21.9 Å². The number of amides is 2. The summed E-state index contributed by atoms with van der Waals surface area (Å²) in [7, 11) is 2.11. The summed E-state index contributed by atoms with van der Waals surface area (Å²) < 4.78 is 5.36. The van der Waals surface area contributed by atoms with Crippen LogP contribution >= 0.6 is 0 Å². The average molecular weight is 437 g/mol. The molecule has 0 spiro atoms. The summed E-state index contributed by atoms with van der Waals surface area (Å²) in [6.45, 7) is 6.02. The number of benzene rings is 1. The first-order valence-corrected chi connectivity index (χ1v) is 11.0. The number of aromatic amines is 1. The van der Waals surface area contributed by atoms with Crippen LogP contribution < -0.4 is 10.6 Å². The van der Waals surface area contributed by atoms with E-state index in [0.717, 1.165) is 59.5 Å². The van der Waals surface area contributed by atoms with Crippen molar-refractivity contribution in [2.24, 2.45) is 5.73 Å². The van der Waals surface area contributed by atoms with Crippen molar-refractivity contribution in [3.8, 4) is 0 Å². The third kappa shape index (κ3) is 3.89. The van der Waals surface area contributed by atoms with Crippen LogP contribution in [0.2, 0.25) is 0 Å². The van der Waals surface area contributed by atoms with E-state index >= 15 is 0 Å². The van der Waals surface area contributed by atoms with Gasteiger partial charge in [-0.3, -0.25) is 9.59 Å². The van der Waals surface area contributed by atoms with E-state index in [1.807, 2.05) is 29.2 Å². The second kappa shape index (κ2) is 8.40. The lowest BCUT2D eigenvalue weighted by atomic mass is 10.1. The molecule has 168 valence electrons. The van der Waals surface area contributed by atoms with Gasteiger partial charge in [-0.1, -0.05) is 0 Å². The van der Waals surface area contributed by atoms with Crippen LogP contribution in [0.5, 0.6) is 0 Å². The molecular weight excluding hydrogens is 408 g/mol. The molecule has 0 saturated carbocycles. The number of piperazine rings is 1. The molecule has 5 rings (SSSR count). The van der Waals surface area contributed by atoms with E-state index in [-0.39, 0.29) is 18.2 Å². The molecule has 2 aliphatic rings. The number of anilines is 1. The van der Waals surface area contributed by atoms with Crippen LogP contribution in [0, 0.1) is 0 Å². The largest absolute Gasteiger partial charge is 0.378 e. The zero-order chi connectivity index (χ0) is 22.2. The molecule has 0 atom stereocenters. The van der Waals surface area contributed by atoms with Gasteiger partial charge in [-0.15, -0.1) is 0 Å². The Hall–Kier alpha value is -3.17. The molecule has 1 aromatic carbocycles. The highest BCUT2D eigenvalue weighted by Gasteiger charge is 2.22. The van der Waals surface area contributed by atoms with Gasteiger partial charge in [-0.2, -0.15) is 0 Å². The third-order valence-electron chi connectivity index (χ3n) is 6.36. The molecule has 3 N–H and O–H groups in total. The van der Waals surface area contributed by atoms with Gasteiger partial charge in [0, 0.05) is 55.7 Å². The first-order valence-electron chi connectivity index (χ1n) is 11.0. The molecule has 3 aromatic rings. The van der Waals surface area contributed by atoms with Crippen molar-refractivity contribution in [2.45, 2.75) is 6.42 Å². The maximum absolute atomic E-state index is 12.9. The summed E-state index contributed by atoms with van der Waals surface area (Å²) in [6.07, 6.45) is 0.131. The number of nitrogens with two attached hydrogens (primary N) is 1. The Kier molecular flexibility index (Phi) is 5.44. The van der Waals surface area contributed by atoms with Crippen LogP contribution in [0.3, 0.4) is 0 Å². The zero-order valence-corrected chi connectivity index (χ0v) is 18.3. The minimum Gasteiger partial charge on any atom is -0.378 e. The number of primary amides is 1. The highest BCUT2D eigenvalue weighted by atomic mass is 16.5. The number of pyridine rings is 1. The molecular formula is C23H28N6O3. The van der Waals surface area contributed by atoms with Gasteiger partial charge in [0.2, 0.25) is 5.91 Å². The summed E-state index contributed by atoms with van der Waals surface area (Å²) in [4.78, 5) is 39.4. The summed E-state index contributed by atoms with van der Waals surface area (Å²) in [5, 5.41) is 0.931.